The molecule has 6 heteroatoms. The van der Waals surface area contributed by atoms with Gasteiger partial charge in [-0.1, -0.05) is 62.7 Å². The monoisotopic (exact) mass is 472 g/mol. The van der Waals surface area contributed by atoms with Gasteiger partial charge in [0.1, 0.15) is 5.58 Å². The molecular formula is C28H25ClN2O3. The van der Waals surface area contributed by atoms with Crippen LogP contribution in [0.4, 0.5) is 0 Å². The minimum atomic E-state index is -0.572. The summed E-state index contributed by atoms with van der Waals surface area (Å²) in [5.74, 6) is -0.219. The molecule has 1 aliphatic heterocycles. The van der Waals surface area contributed by atoms with E-state index >= 15 is 0 Å². The molecule has 3 heterocycles. The number of halogens is 1. The van der Waals surface area contributed by atoms with Crippen molar-refractivity contribution >= 4 is 28.5 Å². The molecule has 1 amide bonds. The highest BCUT2D eigenvalue weighted by molar-refractivity contribution is 6.32. The summed E-state index contributed by atoms with van der Waals surface area (Å²) in [5, 5.41) is 0.865. The van der Waals surface area contributed by atoms with Crippen molar-refractivity contribution in [2.24, 2.45) is 0 Å². The van der Waals surface area contributed by atoms with Gasteiger partial charge in [-0.05, 0) is 52.8 Å². The van der Waals surface area contributed by atoms with E-state index in [1.807, 2.05) is 31.2 Å². The Balaban J connectivity index is 1.72. The maximum atomic E-state index is 13.7. The summed E-state index contributed by atoms with van der Waals surface area (Å²) in [6.07, 6.45) is 3.42. The van der Waals surface area contributed by atoms with Crippen molar-refractivity contribution in [3.8, 4) is 0 Å². The molecule has 172 valence electrons. The Morgan fingerprint density at radius 2 is 1.82 bits per heavy atom. The molecular weight excluding hydrogens is 448 g/mol. The van der Waals surface area contributed by atoms with Crippen LogP contribution in [0.25, 0.3) is 11.0 Å². The number of aryl methyl sites for hydroxylation is 1. The number of pyridine rings is 1. The Bertz CT molecular complexity index is 1470. The second kappa shape index (κ2) is 8.10. The molecule has 0 saturated carbocycles. The van der Waals surface area contributed by atoms with E-state index in [9.17, 15) is 9.59 Å². The lowest BCUT2D eigenvalue weighted by atomic mass is 9.86. The smallest absolute Gasteiger partial charge is 0.291 e. The zero-order valence-electron chi connectivity index (χ0n) is 19.6. The van der Waals surface area contributed by atoms with Crippen LogP contribution in [0.3, 0.4) is 0 Å². The van der Waals surface area contributed by atoms with Crippen LogP contribution in [0.15, 0.2) is 70.1 Å². The minimum Gasteiger partial charge on any atom is -0.450 e. The van der Waals surface area contributed by atoms with Crippen molar-refractivity contribution in [1.82, 2.24) is 9.88 Å². The van der Waals surface area contributed by atoms with E-state index in [2.05, 4.69) is 37.9 Å². The van der Waals surface area contributed by atoms with Crippen molar-refractivity contribution in [2.45, 2.75) is 45.7 Å². The van der Waals surface area contributed by atoms with Crippen LogP contribution >= 0.6 is 11.6 Å². The normalized spacial score (nSPS) is 15.7. The van der Waals surface area contributed by atoms with Crippen LogP contribution in [0.5, 0.6) is 0 Å². The molecule has 1 aliphatic rings. The van der Waals surface area contributed by atoms with Gasteiger partial charge >= 0.3 is 0 Å². The maximum absolute atomic E-state index is 13.7. The Morgan fingerprint density at radius 1 is 1.09 bits per heavy atom. The van der Waals surface area contributed by atoms with Crippen molar-refractivity contribution in [3.63, 3.8) is 0 Å². The molecule has 2 aromatic heterocycles. The summed E-state index contributed by atoms with van der Waals surface area (Å²) >= 11 is 6.32. The third-order valence-corrected chi connectivity index (χ3v) is 6.82. The number of aromatic nitrogens is 1. The van der Waals surface area contributed by atoms with Crippen molar-refractivity contribution < 1.29 is 9.21 Å². The fourth-order valence-corrected chi connectivity index (χ4v) is 4.67. The number of rotatable bonds is 3. The lowest BCUT2D eigenvalue weighted by Crippen LogP contribution is -2.29. The number of carbonyl (C=O) groups is 1. The van der Waals surface area contributed by atoms with E-state index in [1.165, 1.54) is 5.56 Å². The van der Waals surface area contributed by atoms with E-state index in [4.69, 9.17) is 16.0 Å². The summed E-state index contributed by atoms with van der Waals surface area (Å²) < 4.78 is 6.07. The first-order chi connectivity index (χ1) is 16.1. The molecule has 1 atom stereocenters. The number of nitrogens with zero attached hydrogens (tertiary/aromatic N) is 2. The van der Waals surface area contributed by atoms with E-state index in [0.29, 0.717) is 28.1 Å². The Labute approximate surface area is 203 Å². The van der Waals surface area contributed by atoms with Crippen LogP contribution in [0.2, 0.25) is 5.02 Å². The van der Waals surface area contributed by atoms with Gasteiger partial charge in [-0.3, -0.25) is 14.6 Å². The van der Waals surface area contributed by atoms with Gasteiger partial charge in [0.15, 0.2) is 5.43 Å². The maximum Gasteiger partial charge on any atom is 0.291 e. The number of hydrogen-bond donors (Lipinski definition) is 0. The zero-order valence-corrected chi connectivity index (χ0v) is 20.3. The van der Waals surface area contributed by atoms with Crippen LogP contribution in [0.1, 0.15) is 65.2 Å². The Morgan fingerprint density at radius 3 is 2.47 bits per heavy atom. The standard InChI is InChI=1S/C28H25ClN2O3/c1-16-12-22-20(13-21(16)29)25(32)23-24(18-7-9-19(10-8-18)28(2,3)4)31(27(33)26(23)34-22)15-17-6-5-11-30-14-17/h5-14,24H,15H2,1-4H3/t24-/m1/s1. The molecule has 0 radical (unpaired) electrons. The number of amides is 1. The molecule has 0 saturated heterocycles. The Kier molecular flexibility index (Phi) is 5.33. The average Bonchev–Trinajstić information content (AvgIpc) is 3.07. The number of benzene rings is 2. The third kappa shape index (κ3) is 3.70. The van der Waals surface area contributed by atoms with E-state index in [0.717, 1.165) is 16.7 Å². The van der Waals surface area contributed by atoms with Gasteiger partial charge < -0.3 is 9.32 Å². The molecule has 5 rings (SSSR count). The molecule has 0 unspecified atom stereocenters. The molecule has 2 aromatic carbocycles. The highest BCUT2D eigenvalue weighted by Gasteiger charge is 2.42. The molecule has 5 nitrogen and oxygen atoms in total. The van der Waals surface area contributed by atoms with Gasteiger partial charge in [0, 0.05) is 24.0 Å². The van der Waals surface area contributed by atoms with Crippen molar-refractivity contribution in [1.29, 1.82) is 0 Å². The molecule has 4 aromatic rings. The quantitative estimate of drug-likeness (QED) is 0.356. The highest BCUT2D eigenvalue weighted by atomic mass is 35.5. The SMILES string of the molecule is Cc1cc2oc3c(c(=O)c2cc1Cl)[C@@H](c1ccc(C(C)(C)C)cc1)N(Cc1cccnc1)C3=O. The van der Waals surface area contributed by atoms with Crippen LogP contribution in [0, 0.1) is 6.92 Å². The summed E-state index contributed by atoms with van der Waals surface area (Å²) in [6.45, 7) is 8.59. The number of hydrogen-bond acceptors (Lipinski definition) is 4. The predicted molar refractivity (Wildman–Crippen MR) is 133 cm³/mol. The summed E-state index contributed by atoms with van der Waals surface area (Å²) in [5.41, 5.74) is 4.15. The van der Waals surface area contributed by atoms with Crippen LogP contribution in [-0.4, -0.2) is 15.8 Å². The van der Waals surface area contributed by atoms with Gasteiger partial charge in [0.2, 0.25) is 5.76 Å². The van der Waals surface area contributed by atoms with Crippen LogP contribution in [-0.2, 0) is 12.0 Å². The lowest BCUT2D eigenvalue weighted by molar-refractivity contribution is 0.0714. The van der Waals surface area contributed by atoms with Crippen molar-refractivity contribution in [2.75, 3.05) is 0 Å². The molecule has 34 heavy (non-hydrogen) atoms. The summed E-state index contributed by atoms with van der Waals surface area (Å²) in [4.78, 5) is 33.2. The van der Waals surface area contributed by atoms with Gasteiger partial charge in [0.05, 0.1) is 17.0 Å². The van der Waals surface area contributed by atoms with Gasteiger partial charge in [-0.2, -0.15) is 0 Å². The fourth-order valence-electron chi connectivity index (χ4n) is 4.50. The molecule has 0 fully saturated rings. The van der Waals surface area contributed by atoms with E-state index in [1.54, 1.807) is 29.4 Å². The van der Waals surface area contributed by atoms with Gasteiger partial charge in [0.25, 0.3) is 5.91 Å². The first kappa shape index (κ1) is 22.4. The number of carbonyl (C=O) groups excluding carboxylic acids is 1. The topological polar surface area (TPSA) is 63.4 Å². The largest absolute Gasteiger partial charge is 0.450 e. The minimum absolute atomic E-state index is 0.0127. The highest BCUT2D eigenvalue weighted by Crippen LogP contribution is 2.40. The molecule has 0 bridgehead atoms. The first-order valence-corrected chi connectivity index (χ1v) is 11.6. The third-order valence-electron chi connectivity index (χ3n) is 6.42. The average molecular weight is 473 g/mol. The number of fused-ring (bicyclic) bond motifs is 2. The molecule has 0 spiro atoms. The Hall–Kier alpha value is -3.44. The second-order valence-electron chi connectivity index (χ2n) is 9.84. The first-order valence-electron chi connectivity index (χ1n) is 11.2. The van der Waals surface area contributed by atoms with Crippen molar-refractivity contribution in [3.05, 3.63) is 110 Å². The summed E-state index contributed by atoms with van der Waals surface area (Å²) in [6, 6.07) is 14.6. The van der Waals surface area contributed by atoms with Gasteiger partial charge in [-0.15, -0.1) is 0 Å². The van der Waals surface area contributed by atoms with Crippen LogP contribution < -0.4 is 5.43 Å². The van der Waals surface area contributed by atoms with E-state index in [-0.39, 0.29) is 22.5 Å². The lowest BCUT2D eigenvalue weighted by Gasteiger charge is -2.26. The molecule has 0 aliphatic carbocycles. The molecule has 0 N–H and O–H groups in total. The summed E-state index contributed by atoms with van der Waals surface area (Å²) in [7, 11) is 0. The second-order valence-corrected chi connectivity index (χ2v) is 10.2. The zero-order chi connectivity index (χ0) is 24.2. The van der Waals surface area contributed by atoms with Gasteiger partial charge in [-0.25, -0.2) is 0 Å². The fraction of sp³-hybridized carbons (Fsp3) is 0.250. The van der Waals surface area contributed by atoms with E-state index < -0.39 is 6.04 Å². The predicted octanol–water partition coefficient (Wildman–Crippen LogP) is 6.19.